The highest BCUT2D eigenvalue weighted by atomic mass is 16.5. The van der Waals surface area contributed by atoms with Gasteiger partial charge in [0.25, 0.3) is 0 Å². The summed E-state index contributed by atoms with van der Waals surface area (Å²) < 4.78 is 5.64. The summed E-state index contributed by atoms with van der Waals surface area (Å²) in [5.41, 5.74) is -2.28. The molecule has 1 unspecified atom stereocenters. The summed E-state index contributed by atoms with van der Waals surface area (Å²) in [6.45, 7) is 4.82. The van der Waals surface area contributed by atoms with Crippen molar-refractivity contribution in [1.82, 2.24) is 0 Å². The number of rotatable bonds is 4. The topological polar surface area (TPSA) is 46.5 Å². The van der Waals surface area contributed by atoms with Crippen molar-refractivity contribution in [2.24, 2.45) is 0 Å². The second-order valence-electron chi connectivity index (χ2n) is 4.34. The molecule has 1 aromatic carbocycles. The molecular formula is C13H16O3. The van der Waals surface area contributed by atoms with Crippen molar-refractivity contribution in [1.29, 1.82) is 0 Å². The van der Waals surface area contributed by atoms with E-state index < -0.39 is 11.2 Å². The highest BCUT2D eigenvalue weighted by Crippen LogP contribution is 2.28. The maximum Gasteiger partial charge on any atom is 0.163 e. The Bertz CT molecular complexity index is 385. The molecule has 0 aliphatic heterocycles. The van der Waals surface area contributed by atoms with E-state index in [0.717, 1.165) is 0 Å². The Hall–Kier alpha value is -1.57. The summed E-state index contributed by atoms with van der Waals surface area (Å²) in [6.07, 6.45) is 1.19. The van der Waals surface area contributed by atoms with Crippen molar-refractivity contribution in [3.63, 3.8) is 0 Å². The maximum absolute atomic E-state index is 10.5. The van der Waals surface area contributed by atoms with Gasteiger partial charge in [-0.1, -0.05) is 18.2 Å². The first kappa shape index (κ1) is 12.5. The van der Waals surface area contributed by atoms with Gasteiger partial charge in [-0.25, -0.2) is 4.79 Å². The van der Waals surface area contributed by atoms with Gasteiger partial charge < -0.3 is 9.84 Å². The summed E-state index contributed by atoms with van der Waals surface area (Å²) in [7, 11) is 0. The lowest BCUT2D eigenvalue weighted by molar-refractivity contribution is -0.0718. The van der Waals surface area contributed by atoms with Crippen LogP contribution < -0.4 is 4.74 Å². The van der Waals surface area contributed by atoms with Gasteiger partial charge in [-0.3, -0.25) is 0 Å². The van der Waals surface area contributed by atoms with Crippen molar-refractivity contribution < 1.29 is 14.6 Å². The highest BCUT2D eigenvalue weighted by molar-refractivity contribution is 5.49. The van der Waals surface area contributed by atoms with Crippen LogP contribution in [0.15, 0.2) is 36.4 Å². The normalized spacial score (nSPS) is 14.8. The molecule has 3 nitrogen and oxygen atoms in total. The number of hydrogen-bond donors (Lipinski definition) is 1. The van der Waals surface area contributed by atoms with Crippen molar-refractivity contribution in [2.75, 3.05) is 0 Å². The third kappa shape index (κ3) is 2.72. The average Bonchev–Trinajstić information content (AvgIpc) is 2.17. The molecule has 16 heavy (non-hydrogen) atoms. The number of ether oxygens (including phenoxy) is 1. The first-order valence-electron chi connectivity index (χ1n) is 5.07. The van der Waals surface area contributed by atoms with E-state index >= 15 is 0 Å². The van der Waals surface area contributed by atoms with E-state index in [1.807, 2.05) is 18.2 Å². The van der Waals surface area contributed by atoms with Crippen LogP contribution >= 0.6 is 0 Å². The number of para-hydroxylation sites is 1. The Kier molecular flexibility index (Phi) is 3.53. The molecule has 0 saturated heterocycles. The van der Waals surface area contributed by atoms with Crippen LogP contribution in [-0.2, 0) is 4.79 Å². The Labute approximate surface area is 95.4 Å². The largest absolute Gasteiger partial charge is 0.480 e. The van der Waals surface area contributed by atoms with Crippen LogP contribution in [0, 0.1) is 0 Å². The molecule has 0 saturated carbocycles. The van der Waals surface area contributed by atoms with E-state index in [-0.39, 0.29) is 0 Å². The average molecular weight is 220 g/mol. The molecule has 1 atom stereocenters. The predicted molar refractivity (Wildman–Crippen MR) is 62.0 cm³/mol. The van der Waals surface area contributed by atoms with E-state index in [9.17, 15) is 9.90 Å². The van der Waals surface area contributed by atoms with Crippen molar-refractivity contribution in [3.8, 4) is 5.75 Å². The van der Waals surface area contributed by atoms with Crippen LogP contribution in [0.3, 0.4) is 0 Å². The van der Waals surface area contributed by atoms with Crippen molar-refractivity contribution >= 4 is 5.94 Å². The van der Waals surface area contributed by atoms with Crippen molar-refractivity contribution in [3.05, 3.63) is 36.4 Å². The second kappa shape index (κ2) is 4.52. The van der Waals surface area contributed by atoms with E-state index in [1.165, 1.54) is 6.08 Å². The van der Waals surface area contributed by atoms with E-state index in [0.29, 0.717) is 5.75 Å². The number of hydrogen-bond acceptors (Lipinski definition) is 3. The summed E-state index contributed by atoms with van der Waals surface area (Å²) in [5.74, 6) is 2.27. The molecule has 86 valence electrons. The quantitative estimate of drug-likeness (QED) is 0.789. The lowest BCUT2D eigenvalue weighted by atomic mass is 9.87. The summed E-state index contributed by atoms with van der Waals surface area (Å²) in [6, 6.07) is 9.05. The number of aliphatic hydroxyl groups is 1. The minimum absolute atomic E-state index is 0.596. The van der Waals surface area contributed by atoms with Gasteiger partial charge in [-0.2, -0.15) is 0 Å². The van der Waals surface area contributed by atoms with Crippen LogP contribution in [0.25, 0.3) is 0 Å². The van der Waals surface area contributed by atoms with Gasteiger partial charge in [-0.15, -0.1) is 0 Å². The van der Waals surface area contributed by atoms with Crippen LogP contribution in [0.4, 0.5) is 0 Å². The molecule has 1 rings (SSSR count). The van der Waals surface area contributed by atoms with E-state index in [2.05, 4.69) is 0 Å². The summed E-state index contributed by atoms with van der Waals surface area (Å²) in [4.78, 5) is 10.5. The molecule has 0 spiro atoms. The minimum Gasteiger partial charge on any atom is -0.480 e. The third-order valence-electron chi connectivity index (χ3n) is 2.62. The molecule has 1 aromatic rings. The van der Waals surface area contributed by atoms with Gasteiger partial charge in [0.1, 0.15) is 17.3 Å². The number of benzene rings is 1. The zero-order chi connectivity index (χ0) is 12.2. The van der Waals surface area contributed by atoms with Gasteiger partial charge in [0, 0.05) is 6.08 Å². The Morgan fingerprint density at radius 1 is 1.25 bits per heavy atom. The molecule has 0 heterocycles. The lowest BCUT2D eigenvalue weighted by Gasteiger charge is -2.37. The van der Waals surface area contributed by atoms with Gasteiger partial charge in [0.15, 0.2) is 5.60 Å². The smallest absolute Gasteiger partial charge is 0.163 e. The Balaban J connectivity index is 3.02. The molecule has 0 fully saturated rings. The van der Waals surface area contributed by atoms with Gasteiger partial charge >= 0.3 is 0 Å². The molecular weight excluding hydrogens is 204 g/mol. The Morgan fingerprint density at radius 3 is 2.25 bits per heavy atom. The lowest BCUT2D eigenvalue weighted by Crippen LogP contribution is -2.50. The number of carbonyl (C=O) groups excluding carboxylic acids is 1. The molecule has 0 aliphatic rings. The zero-order valence-corrected chi connectivity index (χ0v) is 9.73. The Morgan fingerprint density at radius 2 is 1.81 bits per heavy atom. The fourth-order valence-electron chi connectivity index (χ4n) is 1.18. The van der Waals surface area contributed by atoms with Crippen LogP contribution in [0.5, 0.6) is 5.75 Å². The molecule has 0 amide bonds. The highest BCUT2D eigenvalue weighted by Gasteiger charge is 2.40. The second-order valence-corrected chi connectivity index (χ2v) is 4.34. The maximum atomic E-state index is 10.5. The SMILES string of the molecule is CC(C)(O)C(C)(C=C=O)Oc1ccccc1. The van der Waals surface area contributed by atoms with Gasteiger partial charge in [0.2, 0.25) is 0 Å². The fraction of sp³-hybridized carbons (Fsp3) is 0.385. The minimum atomic E-state index is -1.18. The molecule has 3 heteroatoms. The summed E-state index contributed by atoms with van der Waals surface area (Å²) in [5, 5.41) is 9.99. The van der Waals surface area contributed by atoms with Gasteiger partial charge in [0.05, 0.1) is 0 Å². The third-order valence-corrected chi connectivity index (χ3v) is 2.62. The zero-order valence-electron chi connectivity index (χ0n) is 9.73. The monoisotopic (exact) mass is 220 g/mol. The molecule has 0 aliphatic carbocycles. The first-order valence-corrected chi connectivity index (χ1v) is 5.07. The van der Waals surface area contributed by atoms with E-state index in [4.69, 9.17) is 4.74 Å². The standard InChI is InChI=1S/C13H16O3/c1-12(2,15)13(3,9-10-14)16-11-7-5-4-6-8-11/h4-9,15H,1-3H3. The van der Waals surface area contributed by atoms with Crippen molar-refractivity contribution in [2.45, 2.75) is 32.0 Å². The predicted octanol–water partition coefficient (Wildman–Crippen LogP) is 1.98. The van der Waals surface area contributed by atoms with Crippen LogP contribution in [0.1, 0.15) is 20.8 Å². The van der Waals surface area contributed by atoms with Crippen LogP contribution in [0.2, 0.25) is 0 Å². The summed E-state index contributed by atoms with van der Waals surface area (Å²) >= 11 is 0. The molecule has 0 aromatic heterocycles. The van der Waals surface area contributed by atoms with E-state index in [1.54, 1.807) is 38.8 Å². The molecule has 1 N–H and O–H groups in total. The first-order chi connectivity index (χ1) is 7.39. The van der Waals surface area contributed by atoms with Gasteiger partial charge in [-0.05, 0) is 32.9 Å². The molecule has 0 radical (unpaired) electrons. The molecule has 0 bridgehead atoms. The fourth-order valence-corrected chi connectivity index (χ4v) is 1.18. The van der Waals surface area contributed by atoms with Crippen LogP contribution in [-0.4, -0.2) is 22.2 Å².